The van der Waals surface area contributed by atoms with Crippen LogP contribution in [-0.2, 0) is 4.79 Å². The molecule has 4 nitrogen and oxygen atoms in total. The van der Waals surface area contributed by atoms with E-state index in [1.54, 1.807) is 0 Å². The monoisotopic (exact) mass is 318 g/mol. The number of nitrogens with zero attached hydrogens (tertiary/aromatic N) is 2. The molecule has 2 saturated heterocycles. The predicted molar refractivity (Wildman–Crippen MR) is 85.8 cm³/mol. The zero-order valence-electron chi connectivity index (χ0n) is 12.8. The first-order valence-electron chi connectivity index (χ1n) is 8.30. The first kappa shape index (κ1) is 14.2. The van der Waals surface area contributed by atoms with Gasteiger partial charge in [-0.2, -0.15) is 0 Å². The lowest BCUT2D eigenvalue weighted by Crippen LogP contribution is -2.46. The van der Waals surface area contributed by atoms with Crippen LogP contribution in [0.5, 0.6) is 0 Å². The minimum absolute atomic E-state index is 0.130. The van der Waals surface area contributed by atoms with Gasteiger partial charge in [-0.25, -0.2) is 0 Å². The van der Waals surface area contributed by atoms with Crippen molar-refractivity contribution < 1.29 is 9.59 Å². The van der Waals surface area contributed by atoms with E-state index < -0.39 is 0 Å². The highest BCUT2D eigenvalue weighted by Crippen LogP contribution is 2.43. The second-order valence-corrected chi connectivity index (χ2v) is 7.94. The van der Waals surface area contributed by atoms with E-state index in [1.807, 2.05) is 22.4 Å². The fourth-order valence-corrected chi connectivity index (χ4v) is 4.53. The lowest BCUT2D eigenvalue weighted by atomic mass is 9.77. The van der Waals surface area contributed by atoms with Gasteiger partial charge in [-0.15, -0.1) is 11.3 Å². The molecule has 3 aliphatic rings. The summed E-state index contributed by atoms with van der Waals surface area (Å²) < 4.78 is 0. The van der Waals surface area contributed by atoms with Gasteiger partial charge in [-0.3, -0.25) is 9.59 Å². The molecule has 1 aromatic rings. The topological polar surface area (TPSA) is 40.6 Å². The van der Waals surface area contributed by atoms with Gasteiger partial charge in [-0.05, 0) is 49.5 Å². The molecule has 0 N–H and O–H groups in total. The highest BCUT2D eigenvalue weighted by atomic mass is 32.1. The van der Waals surface area contributed by atoms with Crippen LogP contribution in [0.15, 0.2) is 17.5 Å². The van der Waals surface area contributed by atoms with Crippen LogP contribution in [0.1, 0.15) is 41.8 Å². The number of thiophene rings is 1. The Hall–Kier alpha value is -1.36. The molecule has 0 bridgehead atoms. The molecule has 0 unspecified atom stereocenters. The number of carbonyl (C=O) groups is 2. The van der Waals surface area contributed by atoms with Crippen molar-refractivity contribution in [1.29, 1.82) is 0 Å². The standard InChI is InChI=1S/C17H22N2O2S/c20-15(14-2-1-11-22-14)18-8-5-17(6-9-18)7-10-19(16(17)21)12-13-3-4-13/h1-2,11,13H,3-10,12H2. The van der Waals surface area contributed by atoms with Gasteiger partial charge in [0.15, 0.2) is 0 Å². The van der Waals surface area contributed by atoms with Crippen molar-refractivity contribution >= 4 is 23.2 Å². The quantitative estimate of drug-likeness (QED) is 0.859. The Labute approximate surface area is 135 Å². The van der Waals surface area contributed by atoms with Crippen molar-refractivity contribution in [3.63, 3.8) is 0 Å². The first-order chi connectivity index (χ1) is 10.7. The lowest BCUT2D eigenvalue weighted by molar-refractivity contribution is -0.138. The fourth-order valence-electron chi connectivity index (χ4n) is 3.84. The van der Waals surface area contributed by atoms with Crippen LogP contribution in [0, 0.1) is 11.3 Å². The minimum atomic E-state index is -0.166. The number of rotatable bonds is 3. The lowest BCUT2D eigenvalue weighted by Gasteiger charge is -2.37. The normalized spacial score (nSPS) is 24.3. The van der Waals surface area contributed by atoms with E-state index in [0.29, 0.717) is 5.91 Å². The molecule has 2 amide bonds. The van der Waals surface area contributed by atoms with Crippen LogP contribution < -0.4 is 0 Å². The Kier molecular flexibility index (Phi) is 3.48. The van der Waals surface area contributed by atoms with E-state index in [2.05, 4.69) is 4.90 Å². The molecular weight excluding hydrogens is 296 g/mol. The number of hydrogen-bond acceptors (Lipinski definition) is 3. The Morgan fingerprint density at radius 1 is 1.23 bits per heavy atom. The first-order valence-corrected chi connectivity index (χ1v) is 9.18. The molecule has 0 aromatic carbocycles. The molecule has 1 spiro atoms. The van der Waals surface area contributed by atoms with Gasteiger partial charge in [0.2, 0.25) is 5.91 Å². The maximum atomic E-state index is 12.8. The van der Waals surface area contributed by atoms with Gasteiger partial charge >= 0.3 is 0 Å². The third kappa shape index (κ3) is 2.45. The largest absolute Gasteiger partial charge is 0.342 e. The molecule has 1 saturated carbocycles. The van der Waals surface area contributed by atoms with Crippen LogP contribution in [0.25, 0.3) is 0 Å². The fraction of sp³-hybridized carbons (Fsp3) is 0.647. The molecule has 0 radical (unpaired) electrons. The average molecular weight is 318 g/mol. The van der Waals surface area contributed by atoms with E-state index in [9.17, 15) is 9.59 Å². The zero-order chi connectivity index (χ0) is 15.2. The van der Waals surface area contributed by atoms with Crippen molar-refractivity contribution in [1.82, 2.24) is 9.80 Å². The maximum absolute atomic E-state index is 12.8. The average Bonchev–Trinajstić information content (AvgIpc) is 3.09. The van der Waals surface area contributed by atoms with E-state index in [0.717, 1.165) is 56.2 Å². The Bertz CT molecular complexity index is 571. The summed E-state index contributed by atoms with van der Waals surface area (Å²) in [4.78, 5) is 30.0. The van der Waals surface area contributed by atoms with Crippen LogP contribution in [0.2, 0.25) is 0 Å². The number of amides is 2. The summed E-state index contributed by atoms with van der Waals surface area (Å²) >= 11 is 1.50. The van der Waals surface area contributed by atoms with Crippen LogP contribution in [-0.4, -0.2) is 47.8 Å². The molecule has 4 rings (SSSR count). The van der Waals surface area contributed by atoms with Crippen molar-refractivity contribution in [2.75, 3.05) is 26.2 Å². The van der Waals surface area contributed by atoms with Gasteiger partial charge < -0.3 is 9.80 Å². The van der Waals surface area contributed by atoms with Crippen LogP contribution in [0.4, 0.5) is 0 Å². The van der Waals surface area contributed by atoms with Gasteiger partial charge in [0.05, 0.1) is 10.3 Å². The molecule has 1 aliphatic carbocycles. The number of hydrogen-bond donors (Lipinski definition) is 0. The maximum Gasteiger partial charge on any atom is 0.263 e. The van der Waals surface area contributed by atoms with E-state index in [-0.39, 0.29) is 11.3 Å². The van der Waals surface area contributed by atoms with Crippen molar-refractivity contribution in [2.45, 2.75) is 32.1 Å². The van der Waals surface area contributed by atoms with Crippen molar-refractivity contribution in [3.8, 4) is 0 Å². The summed E-state index contributed by atoms with van der Waals surface area (Å²) in [5.74, 6) is 1.26. The minimum Gasteiger partial charge on any atom is -0.342 e. The number of carbonyl (C=O) groups excluding carboxylic acids is 2. The SMILES string of the molecule is O=C(c1cccs1)N1CCC2(CC1)CCN(CC1CC1)C2=O. The number of piperidine rings is 1. The van der Waals surface area contributed by atoms with Gasteiger partial charge in [0.25, 0.3) is 5.91 Å². The Balaban J connectivity index is 1.39. The molecule has 118 valence electrons. The van der Waals surface area contributed by atoms with Crippen LogP contribution in [0.3, 0.4) is 0 Å². The Morgan fingerprint density at radius 3 is 2.59 bits per heavy atom. The smallest absolute Gasteiger partial charge is 0.263 e. The summed E-state index contributed by atoms with van der Waals surface area (Å²) in [6.45, 7) is 3.34. The summed E-state index contributed by atoms with van der Waals surface area (Å²) in [5.41, 5.74) is -0.166. The molecule has 22 heavy (non-hydrogen) atoms. The van der Waals surface area contributed by atoms with Gasteiger partial charge in [0.1, 0.15) is 0 Å². The van der Waals surface area contributed by atoms with Crippen molar-refractivity contribution in [3.05, 3.63) is 22.4 Å². The predicted octanol–water partition coefficient (Wildman–Crippen LogP) is 2.61. The molecule has 1 aromatic heterocycles. The summed E-state index contributed by atoms with van der Waals surface area (Å²) in [5, 5.41) is 1.94. The highest BCUT2D eigenvalue weighted by Gasteiger charge is 2.49. The van der Waals surface area contributed by atoms with Gasteiger partial charge in [0, 0.05) is 26.2 Å². The third-order valence-electron chi connectivity index (χ3n) is 5.52. The van der Waals surface area contributed by atoms with E-state index in [1.165, 1.54) is 24.2 Å². The van der Waals surface area contributed by atoms with E-state index >= 15 is 0 Å². The molecule has 0 atom stereocenters. The molecule has 3 heterocycles. The van der Waals surface area contributed by atoms with Crippen molar-refractivity contribution in [2.24, 2.45) is 11.3 Å². The summed E-state index contributed by atoms with van der Waals surface area (Å²) in [7, 11) is 0. The van der Waals surface area contributed by atoms with Crippen LogP contribution >= 0.6 is 11.3 Å². The highest BCUT2D eigenvalue weighted by molar-refractivity contribution is 7.12. The van der Waals surface area contributed by atoms with E-state index in [4.69, 9.17) is 0 Å². The second-order valence-electron chi connectivity index (χ2n) is 6.99. The van der Waals surface area contributed by atoms with Gasteiger partial charge in [-0.1, -0.05) is 6.07 Å². The molecular formula is C17H22N2O2S. The second kappa shape index (κ2) is 5.37. The molecule has 2 aliphatic heterocycles. The Morgan fingerprint density at radius 2 is 1.95 bits per heavy atom. The molecule has 5 heteroatoms. The third-order valence-corrected chi connectivity index (χ3v) is 6.37. The zero-order valence-corrected chi connectivity index (χ0v) is 13.6. The summed E-state index contributed by atoms with van der Waals surface area (Å²) in [6.07, 6.45) is 5.24. The summed E-state index contributed by atoms with van der Waals surface area (Å²) in [6, 6.07) is 3.80. The number of likely N-dealkylation sites (tertiary alicyclic amines) is 2. The molecule has 3 fully saturated rings.